The molecule has 1 aliphatic carbocycles. The molecule has 5 heteroatoms. The van der Waals surface area contributed by atoms with Gasteiger partial charge < -0.3 is 14.6 Å². The van der Waals surface area contributed by atoms with Gasteiger partial charge in [0.05, 0.1) is 24.2 Å². The van der Waals surface area contributed by atoms with Gasteiger partial charge in [0.1, 0.15) is 11.6 Å². The van der Waals surface area contributed by atoms with Gasteiger partial charge in [-0.15, -0.1) is 0 Å². The summed E-state index contributed by atoms with van der Waals surface area (Å²) in [6.07, 6.45) is 7.95. The maximum atomic E-state index is 12.8. The maximum Gasteiger partial charge on any atom is 0.251 e. The lowest BCUT2D eigenvalue weighted by Crippen LogP contribution is -2.29. The molecule has 1 N–H and O–H groups in total. The standard InChI is InChI=1S/C25H31N3O2/c1-18(26-25(29)20-12-14-21(30-2)15-13-20)24-27-22-10-6-7-11-23(22)28(24)17-16-19-8-4-3-5-9-19/h6-7,10-15,18-19H,3-5,8-9,16-17H2,1-2H3,(H,26,29). The summed E-state index contributed by atoms with van der Waals surface area (Å²) in [6, 6.07) is 15.3. The van der Waals surface area contributed by atoms with Crippen LogP contribution in [0.25, 0.3) is 11.0 Å². The van der Waals surface area contributed by atoms with E-state index in [1.165, 1.54) is 38.5 Å². The van der Waals surface area contributed by atoms with Gasteiger partial charge in [0.2, 0.25) is 0 Å². The summed E-state index contributed by atoms with van der Waals surface area (Å²) in [4.78, 5) is 17.6. The van der Waals surface area contributed by atoms with E-state index in [-0.39, 0.29) is 11.9 Å². The highest BCUT2D eigenvalue weighted by atomic mass is 16.5. The van der Waals surface area contributed by atoms with Gasteiger partial charge in [0, 0.05) is 12.1 Å². The fourth-order valence-electron chi connectivity index (χ4n) is 4.53. The summed E-state index contributed by atoms with van der Waals surface area (Å²) < 4.78 is 7.49. The Kier molecular flexibility index (Phi) is 6.36. The first kappa shape index (κ1) is 20.5. The number of rotatable bonds is 7. The monoisotopic (exact) mass is 405 g/mol. The second kappa shape index (κ2) is 9.33. The minimum Gasteiger partial charge on any atom is -0.497 e. The highest BCUT2D eigenvalue weighted by Gasteiger charge is 2.20. The van der Waals surface area contributed by atoms with Crippen molar-refractivity contribution in [3.63, 3.8) is 0 Å². The molecule has 1 fully saturated rings. The first-order valence-corrected chi connectivity index (χ1v) is 11.1. The van der Waals surface area contributed by atoms with Crippen molar-refractivity contribution in [3.05, 3.63) is 59.9 Å². The highest BCUT2D eigenvalue weighted by Crippen LogP contribution is 2.29. The van der Waals surface area contributed by atoms with E-state index in [1.54, 1.807) is 31.4 Å². The summed E-state index contributed by atoms with van der Waals surface area (Å²) in [7, 11) is 1.62. The third kappa shape index (κ3) is 4.50. The summed E-state index contributed by atoms with van der Waals surface area (Å²) in [5.41, 5.74) is 2.75. The predicted molar refractivity (Wildman–Crippen MR) is 120 cm³/mol. The SMILES string of the molecule is COc1ccc(C(=O)NC(C)c2nc3ccccc3n2CCC2CCCCC2)cc1. The Morgan fingerprint density at radius 2 is 1.87 bits per heavy atom. The van der Waals surface area contributed by atoms with E-state index in [0.717, 1.165) is 35.1 Å². The molecule has 1 unspecified atom stereocenters. The Morgan fingerprint density at radius 3 is 2.60 bits per heavy atom. The average Bonchev–Trinajstić information content (AvgIpc) is 3.17. The normalized spacial score (nSPS) is 15.8. The number of para-hydroxylation sites is 2. The number of fused-ring (bicyclic) bond motifs is 1. The van der Waals surface area contributed by atoms with Crippen molar-refractivity contribution in [3.8, 4) is 5.75 Å². The first-order chi connectivity index (χ1) is 14.7. The number of nitrogens with one attached hydrogen (secondary N) is 1. The van der Waals surface area contributed by atoms with Gasteiger partial charge >= 0.3 is 0 Å². The molecule has 0 bridgehead atoms. The van der Waals surface area contributed by atoms with Gasteiger partial charge in [0.25, 0.3) is 5.91 Å². The molecule has 0 spiro atoms. The molecule has 3 aromatic rings. The molecule has 0 saturated heterocycles. The van der Waals surface area contributed by atoms with Crippen LogP contribution in [-0.4, -0.2) is 22.6 Å². The number of carbonyl (C=O) groups excluding carboxylic acids is 1. The molecule has 1 aliphatic rings. The Balaban J connectivity index is 1.53. The summed E-state index contributed by atoms with van der Waals surface area (Å²) in [5, 5.41) is 3.13. The first-order valence-electron chi connectivity index (χ1n) is 11.1. The second-order valence-electron chi connectivity index (χ2n) is 8.33. The predicted octanol–water partition coefficient (Wildman–Crippen LogP) is 5.51. The number of methoxy groups -OCH3 is 1. The number of benzene rings is 2. The van der Waals surface area contributed by atoms with E-state index in [1.807, 2.05) is 19.1 Å². The number of hydrogen-bond donors (Lipinski definition) is 1. The van der Waals surface area contributed by atoms with Crippen LogP contribution >= 0.6 is 0 Å². The van der Waals surface area contributed by atoms with Crippen molar-refractivity contribution >= 4 is 16.9 Å². The molecule has 0 aliphatic heterocycles. The molecule has 0 radical (unpaired) electrons. The molecule has 1 amide bonds. The van der Waals surface area contributed by atoms with E-state index in [9.17, 15) is 4.79 Å². The molecule has 1 heterocycles. The van der Waals surface area contributed by atoms with Crippen molar-refractivity contribution in [1.29, 1.82) is 0 Å². The third-order valence-corrected chi connectivity index (χ3v) is 6.26. The average molecular weight is 406 g/mol. The highest BCUT2D eigenvalue weighted by molar-refractivity contribution is 5.94. The van der Waals surface area contributed by atoms with E-state index >= 15 is 0 Å². The van der Waals surface area contributed by atoms with E-state index < -0.39 is 0 Å². The zero-order chi connectivity index (χ0) is 20.9. The van der Waals surface area contributed by atoms with Crippen molar-refractivity contribution in [2.24, 2.45) is 5.92 Å². The minimum atomic E-state index is -0.182. The van der Waals surface area contributed by atoms with Crippen molar-refractivity contribution < 1.29 is 9.53 Å². The zero-order valence-corrected chi connectivity index (χ0v) is 17.9. The van der Waals surface area contributed by atoms with Crippen molar-refractivity contribution in [2.75, 3.05) is 7.11 Å². The number of ether oxygens (including phenoxy) is 1. The molecule has 2 aromatic carbocycles. The van der Waals surface area contributed by atoms with Crippen molar-refractivity contribution in [1.82, 2.24) is 14.9 Å². The third-order valence-electron chi connectivity index (χ3n) is 6.26. The lowest BCUT2D eigenvalue weighted by Gasteiger charge is -2.23. The molecular weight excluding hydrogens is 374 g/mol. The number of hydrogen-bond acceptors (Lipinski definition) is 3. The summed E-state index contributed by atoms with van der Waals surface area (Å²) in [5.74, 6) is 2.37. The van der Waals surface area contributed by atoms with Crippen LogP contribution in [0.15, 0.2) is 48.5 Å². The summed E-state index contributed by atoms with van der Waals surface area (Å²) >= 11 is 0. The largest absolute Gasteiger partial charge is 0.497 e. The van der Waals surface area contributed by atoms with Crippen LogP contribution in [0, 0.1) is 5.92 Å². The molecule has 158 valence electrons. The minimum absolute atomic E-state index is 0.101. The molecule has 30 heavy (non-hydrogen) atoms. The molecule has 5 nitrogen and oxygen atoms in total. The van der Waals surface area contributed by atoms with Gasteiger partial charge in [-0.2, -0.15) is 0 Å². The van der Waals surface area contributed by atoms with E-state index in [4.69, 9.17) is 9.72 Å². The Bertz CT molecular complexity index is 987. The van der Waals surface area contributed by atoms with Gasteiger partial charge in [-0.25, -0.2) is 4.98 Å². The lowest BCUT2D eigenvalue weighted by atomic mass is 9.87. The number of aryl methyl sites for hydroxylation is 1. The van der Waals surface area contributed by atoms with Crippen LogP contribution in [0.4, 0.5) is 0 Å². The number of carbonyl (C=O) groups is 1. The van der Waals surface area contributed by atoms with Gasteiger partial charge in [-0.1, -0.05) is 44.2 Å². The second-order valence-corrected chi connectivity index (χ2v) is 8.33. The van der Waals surface area contributed by atoms with Crippen LogP contribution in [-0.2, 0) is 6.54 Å². The zero-order valence-electron chi connectivity index (χ0n) is 17.9. The maximum absolute atomic E-state index is 12.8. The van der Waals surface area contributed by atoms with Gasteiger partial charge in [-0.3, -0.25) is 4.79 Å². The van der Waals surface area contributed by atoms with E-state index in [2.05, 4.69) is 22.0 Å². The molecule has 1 aromatic heterocycles. The molecular formula is C25H31N3O2. The van der Waals surface area contributed by atoms with Crippen LogP contribution in [0.1, 0.15) is 67.7 Å². The van der Waals surface area contributed by atoms with Crippen LogP contribution < -0.4 is 10.1 Å². The molecule has 1 saturated carbocycles. The van der Waals surface area contributed by atoms with Crippen LogP contribution in [0.3, 0.4) is 0 Å². The number of imidazole rings is 1. The quantitative estimate of drug-likeness (QED) is 0.564. The summed E-state index contributed by atoms with van der Waals surface area (Å²) in [6.45, 7) is 2.96. The molecule has 4 rings (SSSR count). The Labute approximate surface area is 178 Å². The Morgan fingerprint density at radius 1 is 1.13 bits per heavy atom. The van der Waals surface area contributed by atoms with Gasteiger partial charge in [0.15, 0.2) is 0 Å². The fraction of sp³-hybridized carbons (Fsp3) is 0.440. The molecule has 1 atom stereocenters. The van der Waals surface area contributed by atoms with E-state index in [0.29, 0.717) is 5.56 Å². The fourth-order valence-corrected chi connectivity index (χ4v) is 4.53. The Hall–Kier alpha value is -2.82. The topological polar surface area (TPSA) is 56.1 Å². The van der Waals surface area contributed by atoms with Crippen LogP contribution in [0.2, 0.25) is 0 Å². The van der Waals surface area contributed by atoms with Gasteiger partial charge in [-0.05, 0) is 55.7 Å². The number of nitrogens with zero attached hydrogens (tertiary/aromatic N) is 2. The smallest absolute Gasteiger partial charge is 0.251 e. The number of amides is 1. The van der Waals surface area contributed by atoms with Crippen molar-refractivity contribution in [2.45, 2.75) is 58.0 Å². The number of aromatic nitrogens is 2. The van der Waals surface area contributed by atoms with Crippen LogP contribution in [0.5, 0.6) is 5.75 Å². The lowest BCUT2D eigenvalue weighted by molar-refractivity contribution is 0.0937.